The number of halogens is 3. The van der Waals surface area contributed by atoms with Gasteiger partial charge < -0.3 is 14.8 Å². The average molecular weight is 389 g/mol. The molecule has 0 aliphatic carbocycles. The molecule has 0 aliphatic rings. The third kappa shape index (κ3) is 6.60. The van der Waals surface area contributed by atoms with Crippen molar-refractivity contribution in [3.05, 3.63) is 28.8 Å². The van der Waals surface area contributed by atoms with Gasteiger partial charge in [0.15, 0.2) is 0 Å². The molecule has 0 fully saturated rings. The molecule has 0 radical (unpaired) electrons. The zero-order valence-electron chi connectivity index (χ0n) is 14.8. The molecule has 1 aromatic rings. The zero-order valence-corrected chi connectivity index (χ0v) is 14.8. The highest BCUT2D eigenvalue weighted by Crippen LogP contribution is 2.35. The van der Waals surface area contributed by atoms with Crippen LogP contribution in [0.2, 0.25) is 0 Å². The summed E-state index contributed by atoms with van der Waals surface area (Å²) in [6.07, 6.45) is -4.95. The van der Waals surface area contributed by atoms with E-state index in [0.29, 0.717) is 6.07 Å². The SMILES string of the molecule is CCOC(=O)NN=CCc1cc(C(=O)OC)c(NC(C)=O)cc1C(F)(F)F. The number of esters is 1. The van der Waals surface area contributed by atoms with Crippen LogP contribution in [0.25, 0.3) is 0 Å². The summed E-state index contributed by atoms with van der Waals surface area (Å²) in [5.41, 5.74) is 0.0342. The summed E-state index contributed by atoms with van der Waals surface area (Å²) in [5, 5.41) is 5.65. The van der Waals surface area contributed by atoms with Crippen LogP contribution in [0.1, 0.15) is 35.3 Å². The number of carbonyl (C=O) groups is 3. The number of rotatable bonds is 6. The molecule has 8 nitrogen and oxygen atoms in total. The van der Waals surface area contributed by atoms with Crippen LogP contribution >= 0.6 is 0 Å². The summed E-state index contributed by atoms with van der Waals surface area (Å²) in [4.78, 5) is 34.2. The quantitative estimate of drug-likeness (QED) is 0.442. The molecule has 0 spiro atoms. The molecule has 1 aromatic carbocycles. The summed E-state index contributed by atoms with van der Waals surface area (Å²) >= 11 is 0. The van der Waals surface area contributed by atoms with Crippen molar-refractivity contribution in [3.8, 4) is 0 Å². The molecule has 2 amide bonds. The first-order valence-corrected chi connectivity index (χ1v) is 7.64. The number of benzene rings is 1. The Labute approximate surface area is 152 Å². The van der Waals surface area contributed by atoms with Crippen molar-refractivity contribution in [2.24, 2.45) is 5.10 Å². The van der Waals surface area contributed by atoms with Crippen molar-refractivity contribution in [2.45, 2.75) is 26.4 Å². The van der Waals surface area contributed by atoms with Gasteiger partial charge in [-0.1, -0.05) is 0 Å². The number of anilines is 1. The fraction of sp³-hybridized carbons (Fsp3) is 0.375. The fourth-order valence-corrected chi connectivity index (χ4v) is 2.05. The highest BCUT2D eigenvalue weighted by molar-refractivity contribution is 6.01. The minimum Gasteiger partial charge on any atom is -0.465 e. The van der Waals surface area contributed by atoms with E-state index in [1.165, 1.54) is 0 Å². The van der Waals surface area contributed by atoms with Crippen LogP contribution in [0.4, 0.5) is 23.7 Å². The van der Waals surface area contributed by atoms with Crippen LogP contribution in [0.3, 0.4) is 0 Å². The Balaban J connectivity index is 3.27. The molecular formula is C16H18F3N3O5. The van der Waals surface area contributed by atoms with Gasteiger partial charge in [0.2, 0.25) is 5.91 Å². The first kappa shape index (κ1) is 21.9. The minimum atomic E-state index is -4.75. The molecule has 0 saturated heterocycles. The topological polar surface area (TPSA) is 106 Å². The Morgan fingerprint density at radius 3 is 2.44 bits per heavy atom. The van der Waals surface area contributed by atoms with Crippen LogP contribution < -0.4 is 10.7 Å². The van der Waals surface area contributed by atoms with E-state index in [2.05, 4.69) is 19.9 Å². The van der Waals surface area contributed by atoms with E-state index in [1.54, 1.807) is 6.92 Å². The number of nitrogens with zero attached hydrogens (tertiary/aromatic N) is 1. The van der Waals surface area contributed by atoms with Gasteiger partial charge in [-0.05, 0) is 24.6 Å². The van der Waals surface area contributed by atoms with Crippen molar-refractivity contribution >= 4 is 29.9 Å². The van der Waals surface area contributed by atoms with E-state index >= 15 is 0 Å². The number of methoxy groups -OCH3 is 1. The molecule has 0 atom stereocenters. The number of hydrogen-bond donors (Lipinski definition) is 2. The fourth-order valence-electron chi connectivity index (χ4n) is 2.05. The molecule has 0 unspecified atom stereocenters. The van der Waals surface area contributed by atoms with Crippen molar-refractivity contribution < 1.29 is 37.0 Å². The minimum absolute atomic E-state index is 0.104. The third-order valence-electron chi connectivity index (χ3n) is 3.10. The van der Waals surface area contributed by atoms with Gasteiger partial charge in [0.1, 0.15) is 0 Å². The highest BCUT2D eigenvalue weighted by atomic mass is 19.4. The second-order valence-corrected chi connectivity index (χ2v) is 5.07. The van der Waals surface area contributed by atoms with Gasteiger partial charge in [-0.25, -0.2) is 15.0 Å². The Morgan fingerprint density at radius 2 is 1.93 bits per heavy atom. The molecule has 11 heteroatoms. The molecule has 0 aliphatic heterocycles. The lowest BCUT2D eigenvalue weighted by Gasteiger charge is -2.16. The number of hydrazone groups is 1. The summed E-state index contributed by atoms with van der Waals surface area (Å²) in [7, 11) is 1.06. The predicted octanol–water partition coefficient (Wildman–Crippen LogP) is 2.72. The molecular weight excluding hydrogens is 371 g/mol. The van der Waals surface area contributed by atoms with E-state index in [0.717, 1.165) is 26.3 Å². The van der Waals surface area contributed by atoms with Crippen molar-refractivity contribution in [1.82, 2.24) is 5.43 Å². The van der Waals surface area contributed by atoms with Crippen LogP contribution in [0.5, 0.6) is 0 Å². The van der Waals surface area contributed by atoms with Crippen LogP contribution in [0.15, 0.2) is 17.2 Å². The predicted molar refractivity (Wildman–Crippen MR) is 89.4 cm³/mol. The second kappa shape index (κ2) is 9.55. The van der Waals surface area contributed by atoms with E-state index in [1.807, 2.05) is 5.43 Å². The maximum Gasteiger partial charge on any atom is 0.427 e. The van der Waals surface area contributed by atoms with Gasteiger partial charge in [-0.3, -0.25) is 4.79 Å². The summed E-state index contributed by atoms with van der Waals surface area (Å²) < 4.78 is 49.2. The second-order valence-electron chi connectivity index (χ2n) is 5.07. The van der Waals surface area contributed by atoms with E-state index in [9.17, 15) is 27.6 Å². The molecule has 148 valence electrons. The van der Waals surface area contributed by atoms with Crippen molar-refractivity contribution in [3.63, 3.8) is 0 Å². The number of nitrogens with one attached hydrogen (secondary N) is 2. The van der Waals surface area contributed by atoms with Crippen LogP contribution in [0, 0.1) is 0 Å². The molecule has 2 N–H and O–H groups in total. The van der Waals surface area contributed by atoms with Gasteiger partial charge in [0.25, 0.3) is 0 Å². The lowest BCUT2D eigenvalue weighted by Crippen LogP contribution is -2.19. The Kier molecular flexibility index (Phi) is 7.76. The summed E-state index contributed by atoms with van der Waals surface area (Å²) in [6, 6.07) is 1.60. The third-order valence-corrected chi connectivity index (χ3v) is 3.10. The monoisotopic (exact) mass is 389 g/mol. The molecule has 0 aromatic heterocycles. The first-order valence-electron chi connectivity index (χ1n) is 7.64. The van der Waals surface area contributed by atoms with Crippen molar-refractivity contribution in [2.75, 3.05) is 19.0 Å². The lowest BCUT2D eigenvalue weighted by molar-refractivity contribution is -0.138. The molecule has 0 heterocycles. The zero-order chi connectivity index (χ0) is 20.6. The average Bonchev–Trinajstić information content (AvgIpc) is 2.57. The number of hydrogen-bond acceptors (Lipinski definition) is 6. The van der Waals surface area contributed by atoms with Gasteiger partial charge >= 0.3 is 18.2 Å². The Morgan fingerprint density at radius 1 is 1.26 bits per heavy atom. The number of alkyl halides is 3. The van der Waals surface area contributed by atoms with E-state index in [4.69, 9.17) is 0 Å². The molecule has 0 bridgehead atoms. The normalized spacial score (nSPS) is 11.2. The number of amides is 2. The molecule has 1 rings (SSSR count). The van der Waals surface area contributed by atoms with Crippen molar-refractivity contribution in [1.29, 1.82) is 0 Å². The van der Waals surface area contributed by atoms with Crippen LogP contribution in [-0.2, 0) is 26.9 Å². The molecule has 27 heavy (non-hydrogen) atoms. The summed E-state index contributed by atoms with van der Waals surface area (Å²) in [5.74, 6) is -1.57. The van der Waals surface area contributed by atoms with Crippen LogP contribution in [-0.4, -0.2) is 37.9 Å². The van der Waals surface area contributed by atoms with Gasteiger partial charge in [0, 0.05) is 19.6 Å². The molecule has 0 saturated carbocycles. The first-order chi connectivity index (χ1) is 12.6. The standard InChI is InChI=1S/C16H18F3N3O5/c1-4-27-15(25)22-20-6-5-10-7-11(14(24)26-3)13(21-9(2)23)8-12(10)16(17,18)19/h6-8H,4-5H2,1-3H3,(H,21,23)(H,22,25). The Hall–Kier alpha value is -3.11. The van der Waals surface area contributed by atoms with E-state index < -0.39 is 29.7 Å². The smallest absolute Gasteiger partial charge is 0.427 e. The lowest BCUT2D eigenvalue weighted by atomic mass is 9.99. The Bertz CT molecular complexity index is 748. The van der Waals surface area contributed by atoms with Gasteiger partial charge in [0.05, 0.1) is 30.5 Å². The van der Waals surface area contributed by atoms with Gasteiger partial charge in [-0.2, -0.15) is 18.3 Å². The number of carbonyl (C=O) groups excluding carboxylic acids is 3. The maximum atomic E-state index is 13.4. The van der Waals surface area contributed by atoms with Gasteiger partial charge in [-0.15, -0.1) is 0 Å². The maximum absolute atomic E-state index is 13.4. The van der Waals surface area contributed by atoms with E-state index in [-0.39, 0.29) is 29.8 Å². The summed E-state index contributed by atoms with van der Waals surface area (Å²) in [6.45, 7) is 2.77. The highest BCUT2D eigenvalue weighted by Gasteiger charge is 2.35. The number of ether oxygens (including phenoxy) is 2. The largest absolute Gasteiger partial charge is 0.465 e.